The summed E-state index contributed by atoms with van der Waals surface area (Å²) in [6.07, 6.45) is 5.45. The van der Waals surface area contributed by atoms with Crippen molar-refractivity contribution >= 4 is 35.8 Å². The molecule has 14 heteroatoms. The highest BCUT2D eigenvalue weighted by molar-refractivity contribution is 5.82. The monoisotopic (exact) mass is 778 g/mol. The fourth-order valence-corrected chi connectivity index (χ4v) is 11.2. The third-order valence-electron chi connectivity index (χ3n) is 13.6. The van der Waals surface area contributed by atoms with Crippen LogP contribution in [0.1, 0.15) is 96.6 Å². The molecular weight excluding hydrogens is 724 g/mol. The topological polar surface area (TPSA) is 180 Å². The zero-order valence-electron chi connectivity index (χ0n) is 33.1. The Bertz CT molecular complexity index is 1780. The van der Waals surface area contributed by atoms with Crippen LogP contribution in [0.15, 0.2) is 36.4 Å². The molecule has 4 fully saturated rings. The zero-order chi connectivity index (χ0) is 40.7. The number of nitrogens with zero attached hydrogens (tertiary/aromatic N) is 2. The molecule has 4 heterocycles. The van der Waals surface area contributed by atoms with Gasteiger partial charge in [0.2, 0.25) is 0 Å². The minimum atomic E-state index is -1.44. The van der Waals surface area contributed by atoms with E-state index in [4.69, 9.17) is 18.9 Å². The molecule has 8 atom stereocenters. The quantitative estimate of drug-likeness (QED) is 0.150. The van der Waals surface area contributed by atoms with E-state index in [1.165, 1.54) is 27.7 Å². The van der Waals surface area contributed by atoms with Gasteiger partial charge in [0.1, 0.15) is 13.1 Å². The Kier molecular flexibility index (Phi) is 11.4. The first-order chi connectivity index (χ1) is 26.3. The van der Waals surface area contributed by atoms with Crippen molar-refractivity contribution in [2.24, 2.45) is 17.3 Å². The van der Waals surface area contributed by atoms with E-state index in [0.29, 0.717) is 47.7 Å². The number of hydrogen-bond donors (Lipinski definition) is 2. The van der Waals surface area contributed by atoms with E-state index in [1.54, 1.807) is 24.3 Å². The fourth-order valence-electron chi connectivity index (χ4n) is 11.2. The van der Waals surface area contributed by atoms with Crippen molar-refractivity contribution in [3.63, 3.8) is 0 Å². The second-order valence-corrected chi connectivity index (χ2v) is 17.0. The van der Waals surface area contributed by atoms with Crippen LogP contribution in [-0.2, 0) is 41.9 Å². The van der Waals surface area contributed by atoms with Gasteiger partial charge >= 0.3 is 35.8 Å². The lowest BCUT2D eigenvalue weighted by atomic mass is 9.57. The fraction of sp³-hybridized carbons (Fsp3) is 0.571. The number of carbonyl (C=O) groups excluding carboxylic acids is 4. The average Bonchev–Trinajstić information content (AvgIpc) is 3.32. The normalized spacial score (nSPS) is 30.1. The summed E-state index contributed by atoms with van der Waals surface area (Å²) in [7, 11) is 4.36. The van der Waals surface area contributed by atoms with Gasteiger partial charge in [-0.1, -0.05) is 0 Å². The van der Waals surface area contributed by atoms with E-state index in [9.17, 15) is 39.0 Å². The van der Waals surface area contributed by atoms with Crippen molar-refractivity contribution < 1.29 is 66.9 Å². The third-order valence-corrected chi connectivity index (χ3v) is 13.6. The number of benzene rings is 2. The number of aliphatic carboxylic acids is 2. The second-order valence-electron chi connectivity index (χ2n) is 17.0. The summed E-state index contributed by atoms with van der Waals surface area (Å²) >= 11 is 0. The maximum absolute atomic E-state index is 13.8. The van der Waals surface area contributed by atoms with Crippen molar-refractivity contribution in [3.8, 4) is 23.0 Å². The Labute approximate surface area is 326 Å². The van der Waals surface area contributed by atoms with E-state index in [-0.39, 0.29) is 59.0 Å². The van der Waals surface area contributed by atoms with Crippen molar-refractivity contribution in [2.45, 2.75) is 123 Å². The molecule has 0 aromatic heterocycles. The van der Waals surface area contributed by atoms with Crippen molar-refractivity contribution in [3.05, 3.63) is 47.5 Å². The molecule has 4 unspecified atom stereocenters. The third kappa shape index (κ3) is 7.90. The van der Waals surface area contributed by atoms with Gasteiger partial charge in [-0.25, -0.2) is 0 Å². The molecule has 302 valence electrons. The molecular formula is C42H54N2O12+2. The molecule has 4 aliphatic heterocycles. The second kappa shape index (κ2) is 15.6. The van der Waals surface area contributed by atoms with Crippen LogP contribution in [0.3, 0.4) is 0 Å². The highest BCUT2D eigenvalue weighted by atomic mass is 16.6. The summed E-state index contributed by atoms with van der Waals surface area (Å²) in [5.41, 5.74) is 0.325. The molecule has 6 rings (SSSR count). The number of carboxylic acid groups (broad SMARTS) is 2. The van der Waals surface area contributed by atoms with Gasteiger partial charge in [-0.15, -0.1) is 0 Å². The summed E-state index contributed by atoms with van der Waals surface area (Å²) in [5, 5.41) is 21.6. The molecule has 0 saturated carbocycles. The number of rotatable bonds is 13. The van der Waals surface area contributed by atoms with E-state index >= 15 is 0 Å². The van der Waals surface area contributed by atoms with Crippen LogP contribution >= 0.6 is 0 Å². The molecule has 0 spiro atoms. The smallest absolute Gasteiger partial charge is 0.310 e. The molecule has 4 saturated heterocycles. The SMILES string of the molecule is CC(=O)Oc1ccc(C[N+]2(C)[C@@H]3CC[C@H]2CC(C(CC(=O)O)(C(=O)O)C2C[C@H]4CC[C@@H](C2)[N+]4(C)Cc2ccc(OC(C)=O)c(OC(C)=O)c2)C3)cc1OC(C)=O. The highest BCUT2D eigenvalue weighted by Gasteiger charge is 2.64. The first-order valence-corrected chi connectivity index (χ1v) is 19.5. The van der Waals surface area contributed by atoms with E-state index in [2.05, 4.69) is 14.1 Å². The number of esters is 4. The highest BCUT2D eigenvalue weighted by Crippen LogP contribution is 2.59. The number of ether oxygens (including phenoxy) is 4. The van der Waals surface area contributed by atoms with Crippen molar-refractivity contribution in [1.29, 1.82) is 0 Å². The molecule has 2 N–H and O–H groups in total. The lowest BCUT2D eigenvalue weighted by molar-refractivity contribution is -0.963. The van der Waals surface area contributed by atoms with Gasteiger partial charge in [0, 0.05) is 90.2 Å². The molecule has 0 aliphatic carbocycles. The molecule has 0 amide bonds. The Morgan fingerprint density at radius 3 is 1.18 bits per heavy atom. The predicted octanol–water partition coefficient (Wildman–Crippen LogP) is 5.41. The van der Waals surface area contributed by atoms with Gasteiger partial charge in [0.25, 0.3) is 0 Å². The Morgan fingerprint density at radius 2 is 0.893 bits per heavy atom. The van der Waals surface area contributed by atoms with Gasteiger partial charge in [0.05, 0.1) is 50.1 Å². The average molecular weight is 779 g/mol. The molecule has 4 aliphatic rings. The Morgan fingerprint density at radius 1 is 0.571 bits per heavy atom. The minimum absolute atomic E-state index is 0.0966. The number of hydrogen-bond acceptors (Lipinski definition) is 10. The molecule has 14 nitrogen and oxygen atoms in total. The Hall–Kier alpha value is -4.82. The lowest BCUT2D eigenvalue weighted by Crippen LogP contribution is -2.63. The molecule has 0 radical (unpaired) electrons. The minimum Gasteiger partial charge on any atom is -0.481 e. The standard InChI is InChI=1S/C42H52N2O12/c1-24(45)53-36-13-7-28(15-38(36)55-26(3)47)22-43(5)32-9-10-33(43)18-30(17-32)42(41(51)52,21-40(49)50)31-19-34-11-12-35(20-31)44(34,6)23-29-8-14-37(54-25(2)46)39(16-29)56-27(4)48/h7-8,13-16,30-35H,9-12,17-23H2,1-6H3/p+2/t30?,31?,32-,33+,34-,35+,42?,43?,44?. The molecule has 2 aromatic rings. The largest absolute Gasteiger partial charge is 0.481 e. The molecule has 56 heavy (non-hydrogen) atoms. The summed E-state index contributed by atoms with van der Waals surface area (Å²) in [6.45, 7) is 6.27. The molecule has 4 bridgehead atoms. The summed E-state index contributed by atoms with van der Waals surface area (Å²) in [6, 6.07) is 10.8. The lowest BCUT2D eigenvalue weighted by Gasteiger charge is -2.55. The van der Waals surface area contributed by atoms with Gasteiger partial charge < -0.3 is 38.1 Å². The maximum Gasteiger partial charge on any atom is 0.310 e. The zero-order valence-corrected chi connectivity index (χ0v) is 33.1. The summed E-state index contributed by atoms with van der Waals surface area (Å²) in [5.74, 6) is -4.32. The Balaban J connectivity index is 1.25. The van der Waals surface area contributed by atoms with E-state index in [1.807, 2.05) is 12.1 Å². The van der Waals surface area contributed by atoms with Crippen LogP contribution in [0.25, 0.3) is 0 Å². The number of carbonyl (C=O) groups is 6. The van der Waals surface area contributed by atoms with Gasteiger partial charge in [0.15, 0.2) is 23.0 Å². The first-order valence-electron chi connectivity index (χ1n) is 19.5. The van der Waals surface area contributed by atoms with Crippen LogP contribution < -0.4 is 18.9 Å². The van der Waals surface area contributed by atoms with Crippen LogP contribution in [0.5, 0.6) is 23.0 Å². The van der Waals surface area contributed by atoms with Crippen LogP contribution in [0.4, 0.5) is 0 Å². The van der Waals surface area contributed by atoms with Gasteiger partial charge in [-0.3, -0.25) is 28.8 Å². The van der Waals surface area contributed by atoms with Crippen LogP contribution in [0.2, 0.25) is 0 Å². The number of carboxylic acids is 2. The van der Waals surface area contributed by atoms with Crippen molar-refractivity contribution in [2.75, 3.05) is 14.1 Å². The predicted molar refractivity (Wildman–Crippen MR) is 199 cm³/mol. The number of quaternary nitrogens is 2. The van der Waals surface area contributed by atoms with Gasteiger partial charge in [-0.05, 0) is 48.2 Å². The van der Waals surface area contributed by atoms with Crippen LogP contribution in [-0.4, -0.2) is 93.3 Å². The number of fused-ring (bicyclic) bond motifs is 4. The van der Waals surface area contributed by atoms with Crippen LogP contribution in [0, 0.1) is 17.3 Å². The molecule has 2 aromatic carbocycles. The maximum atomic E-state index is 13.8. The number of piperidine rings is 2. The summed E-state index contributed by atoms with van der Waals surface area (Å²) < 4.78 is 22.6. The van der Waals surface area contributed by atoms with E-state index in [0.717, 1.165) is 36.8 Å². The van der Waals surface area contributed by atoms with Crippen molar-refractivity contribution in [1.82, 2.24) is 0 Å². The van der Waals surface area contributed by atoms with Gasteiger partial charge in [-0.2, -0.15) is 0 Å². The first kappa shape index (κ1) is 40.8. The van der Waals surface area contributed by atoms with E-state index < -0.39 is 47.7 Å². The summed E-state index contributed by atoms with van der Waals surface area (Å²) in [4.78, 5) is 73.6.